The predicted octanol–water partition coefficient (Wildman–Crippen LogP) is 3.11. The highest BCUT2D eigenvalue weighted by Crippen LogP contribution is 2.43. The number of Topliss-reactive ketones (excluding diaryl/α,β-unsaturated/α-hetero) is 1. The first kappa shape index (κ1) is 23.1. The Hall–Kier alpha value is -4.02. The summed E-state index contributed by atoms with van der Waals surface area (Å²) in [5, 5.41) is 16.2. The van der Waals surface area contributed by atoms with Crippen molar-refractivity contribution in [1.29, 1.82) is 0 Å². The second-order valence-corrected chi connectivity index (χ2v) is 9.02. The third-order valence-corrected chi connectivity index (χ3v) is 6.38. The van der Waals surface area contributed by atoms with Gasteiger partial charge >= 0.3 is 0 Å². The van der Waals surface area contributed by atoms with E-state index in [1.165, 1.54) is 67.8 Å². The minimum atomic E-state index is -4.00. The number of carbonyl (C=O) groups excluding carboxylic acids is 2. The molecule has 1 fully saturated rings. The van der Waals surface area contributed by atoms with E-state index in [1.807, 2.05) is 0 Å². The van der Waals surface area contributed by atoms with Gasteiger partial charge in [-0.25, -0.2) is 17.9 Å². The van der Waals surface area contributed by atoms with Crippen molar-refractivity contribution in [2.24, 2.45) is 5.14 Å². The van der Waals surface area contributed by atoms with Crippen LogP contribution in [0.5, 0.6) is 5.75 Å². The highest BCUT2D eigenvalue weighted by molar-refractivity contribution is 7.89. The molecule has 3 N–H and O–H groups in total. The number of carbonyl (C=O) groups is 2. The van der Waals surface area contributed by atoms with Gasteiger partial charge in [0.15, 0.2) is 0 Å². The van der Waals surface area contributed by atoms with Crippen LogP contribution in [0.25, 0.3) is 5.76 Å². The molecule has 4 rings (SSSR count). The minimum Gasteiger partial charge on any atom is -0.507 e. The Morgan fingerprint density at radius 2 is 1.62 bits per heavy atom. The molecule has 3 aromatic carbocycles. The lowest BCUT2D eigenvalue weighted by atomic mass is 9.94. The normalized spacial score (nSPS) is 17.7. The van der Waals surface area contributed by atoms with Crippen LogP contribution >= 0.6 is 0 Å². The summed E-state index contributed by atoms with van der Waals surface area (Å²) >= 11 is 0. The zero-order valence-electron chi connectivity index (χ0n) is 17.8. The van der Waals surface area contributed by atoms with Gasteiger partial charge < -0.3 is 9.84 Å². The number of aliphatic hydroxyl groups excluding tert-OH is 1. The average molecular weight is 482 g/mol. The maximum absolute atomic E-state index is 14.9. The van der Waals surface area contributed by atoms with E-state index in [0.717, 1.165) is 4.90 Å². The lowest BCUT2D eigenvalue weighted by Gasteiger charge is -2.25. The molecule has 8 nitrogen and oxygen atoms in total. The molecule has 1 amide bonds. The van der Waals surface area contributed by atoms with E-state index in [0.29, 0.717) is 5.75 Å². The molecule has 0 radical (unpaired) electrons. The van der Waals surface area contributed by atoms with Crippen LogP contribution in [-0.2, 0) is 19.6 Å². The Morgan fingerprint density at radius 3 is 2.18 bits per heavy atom. The quantitative estimate of drug-likeness (QED) is 0.327. The van der Waals surface area contributed by atoms with Crippen LogP contribution in [0.15, 0.2) is 83.3 Å². The van der Waals surface area contributed by atoms with Crippen LogP contribution in [0.3, 0.4) is 0 Å². The van der Waals surface area contributed by atoms with Crippen LogP contribution < -0.4 is 14.8 Å². The molecule has 174 valence electrons. The summed E-state index contributed by atoms with van der Waals surface area (Å²) in [6.07, 6.45) is 0. The zero-order valence-corrected chi connectivity index (χ0v) is 18.6. The number of rotatable bonds is 5. The molecule has 34 heavy (non-hydrogen) atoms. The van der Waals surface area contributed by atoms with Gasteiger partial charge in [-0.2, -0.15) is 0 Å². The number of methoxy groups -OCH3 is 1. The Kier molecular flexibility index (Phi) is 5.94. The fourth-order valence-corrected chi connectivity index (χ4v) is 4.31. The van der Waals surface area contributed by atoms with Crippen LogP contribution in [-0.4, -0.2) is 32.3 Å². The van der Waals surface area contributed by atoms with Gasteiger partial charge in [0.05, 0.1) is 23.6 Å². The first-order valence-corrected chi connectivity index (χ1v) is 11.5. The number of primary sulfonamides is 1. The van der Waals surface area contributed by atoms with E-state index in [-0.39, 0.29) is 27.3 Å². The average Bonchev–Trinajstić information content (AvgIpc) is 3.08. The molecule has 1 atom stereocenters. The van der Waals surface area contributed by atoms with Crippen molar-refractivity contribution in [3.05, 3.63) is 95.3 Å². The van der Waals surface area contributed by atoms with Crippen LogP contribution in [0, 0.1) is 5.82 Å². The molecule has 0 unspecified atom stereocenters. The Balaban J connectivity index is 1.92. The molecule has 1 aliphatic heterocycles. The first-order chi connectivity index (χ1) is 16.1. The summed E-state index contributed by atoms with van der Waals surface area (Å²) < 4.78 is 43.2. The molecule has 0 bridgehead atoms. The van der Waals surface area contributed by atoms with Gasteiger partial charge in [-0.15, -0.1) is 0 Å². The standard InChI is InChI=1S/C24H19FN2O6S/c1-33-16-10-6-14(7-11-16)22(28)20-21(18-4-2-3-5-19(18)25)27(24(30)23(20)29)15-8-12-17(13-9-15)34(26,31)32/h2-13,21,28H,1H3,(H2,26,31,32)/t21-/m0/s1. The maximum atomic E-state index is 14.9. The Labute approximate surface area is 194 Å². The molecule has 10 heteroatoms. The van der Waals surface area contributed by atoms with E-state index in [9.17, 15) is 27.5 Å². The topological polar surface area (TPSA) is 127 Å². The van der Waals surface area contributed by atoms with E-state index in [1.54, 1.807) is 12.1 Å². The number of halogens is 1. The highest BCUT2D eigenvalue weighted by atomic mass is 32.2. The number of nitrogens with zero attached hydrogens (tertiary/aromatic N) is 1. The molecular formula is C24H19FN2O6S. The molecule has 0 aromatic heterocycles. The van der Waals surface area contributed by atoms with E-state index < -0.39 is 39.3 Å². The summed E-state index contributed by atoms with van der Waals surface area (Å²) in [5.74, 6) is -2.69. The predicted molar refractivity (Wildman–Crippen MR) is 122 cm³/mol. The fraction of sp³-hybridized carbons (Fsp3) is 0.0833. The number of ketones is 1. The van der Waals surface area contributed by atoms with Crippen molar-refractivity contribution < 1.29 is 32.2 Å². The molecule has 0 aliphatic carbocycles. The smallest absolute Gasteiger partial charge is 0.300 e. The zero-order chi connectivity index (χ0) is 24.6. The number of anilines is 1. The summed E-state index contributed by atoms with van der Waals surface area (Å²) in [6.45, 7) is 0. The third-order valence-electron chi connectivity index (χ3n) is 5.45. The summed E-state index contributed by atoms with van der Waals surface area (Å²) in [7, 11) is -2.52. The number of hydrogen-bond acceptors (Lipinski definition) is 6. The second-order valence-electron chi connectivity index (χ2n) is 7.46. The van der Waals surface area contributed by atoms with E-state index in [2.05, 4.69) is 0 Å². The SMILES string of the molecule is COc1ccc(C(O)=C2C(=O)C(=O)N(c3ccc(S(N)(=O)=O)cc3)[C@H]2c2ccccc2F)cc1. The number of ether oxygens (including phenoxy) is 1. The Morgan fingerprint density at radius 1 is 1.00 bits per heavy atom. The largest absolute Gasteiger partial charge is 0.507 e. The van der Waals surface area contributed by atoms with Crippen LogP contribution in [0.1, 0.15) is 17.2 Å². The molecule has 0 spiro atoms. The molecular weight excluding hydrogens is 463 g/mol. The van der Waals surface area contributed by atoms with E-state index >= 15 is 0 Å². The van der Waals surface area contributed by atoms with Crippen molar-refractivity contribution >= 4 is 33.2 Å². The first-order valence-electron chi connectivity index (χ1n) is 9.96. The van der Waals surface area contributed by atoms with Gasteiger partial charge in [-0.05, 0) is 54.6 Å². The molecule has 3 aromatic rings. The number of nitrogens with two attached hydrogens (primary N) is 1. The van der Waals surface area contributed by atoms with Crippen molar-refractivity contribution in [1.82, 2.24) is 0 Å². The highest BCUT2D eigenvalue weighted by Gasteiger charge is 2.47. The third kappa shape index (κ3) is 4.04. The van der Waals surface area contributed by atoms with Crippen molar-refractivity contribution in [3.8, 4) is 5.75 Å². The number of hydrogen-bond donors (Lipinski definition) is 2. The number of amides is 1. The number of sulfonamides is 1. The van der Waals surface area contributed by atoms with Gasteiger partial charge in [0.25, 0.3) is 11.7 Å². The van der Waals surface area contributed by atoms with Gasteiger partial charge in [-0.3, -0.25) is 14.5 Å². The molecule has 0 saturated carbocycles. The number of aliphatic hydroxyl groups is 1. The van der Waals surface area contributed by atoms with Crippen molar-refractivity contribution in [2.75, 3.05) is 12.0 Å². The molecule has 1 saturated heterocycles. The summed E-state index contributed by atoms with van der Waals surface area (Å²) in [4.78, 5) is 27.0. The van der Waals surface area contributed by atoms with Crippen molar-refractivity contribution in [3.63, 3.8) is 0 Å². The van der Waals surface area contributed by atoms with Gasteiger partial charge in [-0.1, -0.05) is 18.2 Å². The Bertz CT molecular complexity index is 1420. The monoisotopic (exact) mass is 482 g/mol. The van der Waals surface area contributed by atoms with E-state index in [4.69, 9.17) is 9.88 Å². The van der Waals surface area contributed by atoms with Crippen LogP contribution in [0.4, 0.5) is 10.1 Å². The molecule has 1 heterocycles. The lowest BCUT2D eigenvalue weighted by molar-refractivity contribution is -0.132. The minimum absolute atomic E-state index is 0.0210. The van der Waals surface area contributed by atoms with Gasteiger partial charge in [0, 0.05) is 16.8 Å². The maximum Gasteiger partial charge on any atom is 0.300 e. The van der Waals surface area contributed by atoms with Gasteiger partial charge in [0.1, 0.15) is 17.3 Å². The number of benzene rings is 3. The fourth-order valence-electron chi connectivity index (χ4n) is 3.79. The second kappa shape index (κ2) is 8.73. The summed E-state index contributed by atoms with van der Waals surface area (Å²) in [5.41, 5.74) is 0.0179. The van der Waals surface area contributed by atoms with Crippen LogP contribution in [0.2, 0.25) is 0 Å². The molecule has 1 aliphatic rings. The lowest BCUT2D eigenvalue weighted by Crippen LogP contribution is -2.30. The van der Waals surface area contributed by atoms with Crippen molar-refractivity contribution in [2.45, 2.75) is 10.9 Å². The van der Waals surface area contributed by atoms with Gasteiger partial charge in [0.2, 0.25) is 10.0 Å². The summed E-state index contributed by atoms with van der Waals surface area (Å²) in [6, 6.07) is 15.3.